The van der Waals surface area contributed by atoms with Gasteiger partial charge in [0.25, 0.3) is 10.1 Å². The third kappa shape index (κ3) is 7.89. The molecular weight excluding hydrogens is 458 g/mol. The second-order valence-corrected chi connectivity index (χ2v) is 9.20. The van der Waals surface area contributed by atoms with Gasteiger partial charge in [-0.3, -0.25) is 9.35 Å². The number of halogens is 1. The second kappa shape index (κ2) is 10.9. The Balaban J connectivity index is 0.000000234. The molecule has 29 heavy (non-hydrogen) atoms. The van der Waals surface area contributed by atoms with Crippen LogP contribution in [0.5, 0.6) is 0 Å². The van der Waals surface area contributed by atoms with Crippen LogP contribution in [0.2, 0.25) is 0 Å². The molecule has 0 spiro atoms. The quantitative estimate of drug-likeness (QED) is 0.494. The van der Waals surface area contributed by atoms with Crippen LogP contribution in [0.1, 0.15) is 30.9 Å². The molecule has 0 saturated carbocycles. The Kier molecular flexibility index (Phi) is 8.82. The lowest BCUT2D eigenvalue weighted by Crippen LogP contribution is -2.37. The molecule has 0 aliphatic carbocycles. The third-order valence-corrected chi connectivity index (χ3v) is 5.92. The molecule has 1 heterocycles. The first-order valence-corrected chi connectivity index (χ1v) is 11.6. The van der Waals surface area contributed by atoms with E-state index in [2.05, 4.69) is 33.4 Å². The van der Waals surface area contributed by atoms with Crippen LogP contribution in [0.15, 0.2) is 57.9 Å². The molecule has 2 unspecified atom stereocenters. The first-order chi connectivity index (χ1) is 13.7. The van der Waals surface area contributed by atoms with Crippen molar-refractivity contribution in [2.45, 2.75) is 50.1 Å². The van der Waals surface area contributed by atoms with Gasteiger partial charge in [0, 0.05) is 10.5 Å². The predicted octanol–water partition coefficient (Wildman–Crippen LogP) is 3.92. The zero-order chi connectivity index (χ0) is 21.4. The monoisotopic (exact) mass is 483 g/mol. The van der Waals surface area contributed by atoms with Crippen molar-refractivity contribution >= 4 is 32.0 Å². The van der Waals surface area contributed by atoms with E-state index >= 15 is 0 Å². The summed E-state index contributed by atoms with van der Waals surface area (Å²) in [4.78, 5) is 11.5. The van der Waals surface area contributed by atoms with Gasteiger partial charge in [0.05, 0.1) is 11.5 Å². The van der Waals surface area contributed by atoms with Crippen LogP contribution in [0.25, 0.3) is 0 Å². The van der Waals surface area contributed by atoms with Gasteiger partial charge < -0.3 is 10.1 Å². The number of benzene rings is 2. The van der Waals surface area contributed by atoms with Gasteiger partial charge in [-0.2, -0.15) is 8.42 Å². The normalized spacial score (nSPS) is 18.6. The van der Waals surface area contributed by atoms with Crippen LogP contribution in [-0.4, -0.2) is 37.6 Å². The molecule has 0 bridgehead atoms. The Bertz CT molecular complexity index is 898. The van der Waals surface area contributed by atoms with Crippen LogP contribution in [-0.2, 0) is 26.1 Å². The van der Waals surface area contributed by atoms with Crippen LogP contribution < -0.4 is 5.32 Å². The average Bonchev–Trinajstić information content (AvgIpc) is 3.13. The largest absolute Gasteiger partial charge is 0.465 e. The van der Waals surface area contributed by atoms with E-state index in [1.54, 1.807) is 12.1 Å². The fraction of sp³-hybridized carbons (Fsp3) is 0.381. The molecule has 158 valence electrons. The smallest absolute Gasteiger partial charge is 0.323 e. The van der Waals surface area contributed by atoms with Crippen LogP contribution in [0.3, 0.4) is 0 Å². The zero-order valence-corrected chi connectivity index (χ0v) is 18.9. The van der Waals surface area contributed by atoms with Crippen molar-refractivity contribution in [1.29, 1.82) is 0 Å². The SMILES string of the molecule is CCOC(=O)C1CCC(Cc2ccc(Br)cc2)N1.Cc1ccc(S(=O)(=O)O)cc1. The Morgan fingerprint density at radius 3 is 2.31 bits per heavy atom. The molecule has 0 aromatic heterocycles. The number of carbonyl (C=O) groups excluding carboxylic acids is 1. The Morgan fingerprint density at radius 2 is 1.76 bits per heavy atom. The summed E-state index contributed by atoms with van der Waals surface area (Å²) in [6, 6.07) is 14.6. The number of rotatable bonds is 5. The van der Waals surface area contributed by atoms with Crippen molar-refractivity contribution in [2.24, 2.45) is 0 Å². The van der Waals surface area contributed by atoms with E-state index in [9.17, 15) is 13.2 Å². The number of aryl methyl sites for hydroxylation is 1. The summed E-state index contributed by atoms with van der Waals surface area (Å²) in [6.45, 7) is 4.13. The number of hydrogen-bond donors (Lipinski definition) is 2. The van der Waals surface area contributed by atoms with Crippen molar-refractivity contribution < 1.29 is 22.5 Å². The van der Waals surface area contributed by atoms with Crippen molar-refractivity contribution in [3.05, 3.63) is 64.1 Å². The molecule has 1 aliphatic rings. The minimum atomic E-state index is -4.02. The van der Waals surface area contributed by atoms with Gasteiger partial charge >= 0.3 is 5.97 Å². The van der Waals surface area contributed by atoms with Gasteiger partial charge in [-0.15, -0.1) is 0 Å². The van der Waals surface area contributed by atoms with Gasteiger partial charge in [-0.1, -0.05) is 45.8 Å². The lowest BCUT2D eigenvalue weighted by atomic mass is 10.0. The van der Waals surface area contributed by atoms with E-state index < -0.39 is 10.1 Å². The summed E-state index contributed by atoms with van der Waals surface area (Å²) < 4.78 is 35.7. The maximum Gasteiger partial charge on any atom is 0.323 e. The summed E-state index contributed by atoms with van der Waals surface area (Å²) in [7, 11) is -4.02. The second-order valence-electron chi connectivity index (χ2n) is 6.86. The summed E-state index contributed by atoms with van der Waals surface area (Å²) >= 11 is 3.43. The van der Waals surface area contributed by atoms with E-state index in [0.717, 1.165) is 29.3 Å². The molecular formula is C21H26BrNO5S. The highest BCUT2D eigenvalue weighted by Gasteiger charge is 2.29. The van der Waals surface area contributed by atoms with Gasteiger partial charge in [-0.25, -0.2) is 0 Å². The predicted molar refractivity (Wildman–Crippen MR) is 115 cm³/mol. The molecule has 1 saturated heterocycles. The van der Waals surface area contributed by atoms with Crippen LogP contribution in [0, 0.1) is 6.92 Å². The summed E-state index contributed by atoms with van der Waals surface area (Å²) in [5.74, 6) is -0.115. The summed E-state index contributed by atoms with van der Waals surface area (Å²) in [6.07, 6.45) is 2.86. The van der Waals surface area contributed by atoms with E-state index in [-0.39, 0.29) is 16.9 Å². The molecule has 8 heteroatoms. The maximum absolute atomic E-state index is 11.6. The van der Waals surface area contributed by atoms with E-state index in [0.29, 0.717) is 12.6 Å². The molecule has 0 amide bonds. The van der Waals surface area contributed by atoms with Crippen molar-refractivity contribution in [3.63, 3.8) is 0 Å². The van der Waals surface area contributed by atoms with Crippen LogP contribution in [0.4, 0.5) is 0 Å². The zero-order valence-electron chi connectivity index (χ0n) is 16.5. The van der Waals surface area contributed by atoms with Crippen molar-refractivity contribution in [1.82, 2.24) is 5.32 Å². The minimum Gasteiger partial charge on any atom is -0.465 e. The molecule has 0 radical (unpaired) electrons. The maximum atomic E-state index is 11.6. The molecule has 1 aliphatic heterocycles. The fourth-order valence-electron chi connectivity index (χ4n) is 3.02. The number of ether oxygens (including phenoxy) is 1. The number of esters is 1. The average molecular weight is 484 g/mol. The molecule has 1 fully saturated rings. The first kappa shape index (κ1) is 23.5. The third-order valence-electron chi connectivity index (χ3n) is 4.53. The first-order valence-electron chi connectivity index (χ1n) is 9.40. The Labute approximate surface area is 180 Å². The van der Waals surface area contributed by atoms with Gasteiger partial charge in [-0.05, 0) is 62.9 Å². The van der Waals surface area contributed by atoms with Crippen molar-refractivity contribution in [3.8, 4) is 0 Å². The molecule has 6 nitrogen and oxygen atoms in total. The topological polar surface area (TPSA) is 92.7 Å². The Hall–Kier alpha value is -1.74. The lowest BCUT2D eigenvalue weighted by Gasteiger charge is -2.13. The highest BCUT2D eigenvalue weighted by molar-refractivity contribution is 9.10. The molecule has 3 rings (SSSR count). The lowest BCUT2D eigenvalue weighted by molar-refractivity contribution is -0.145. The van der Waals surface area contributed by atoms with E-state index in [1.165, 1.54) is 17.7 Å². The number of carbonyl (C=O) groups is 1. The highest BCUT2D eigenvalue weighted by atomic mass is 79.9. The molecule has 2 atom stereocenters. The Morgan fingerprint density at radius 1 is 1.14 bits per heavy atom. The standard InChI is InChI=1S/C14H18BrNO2.C7H8O3S/c1-2-18-14(17)13-8-7-12(16-13)9-10-3-5-11(15)6-4-10;1-6-2-4-7(5-3-6)11(8,9)10/h3-6,12-13,16H,2,7-9H2,1H3;2-5H,1H3,(H,8,9,10). The minimum absolute atomic E-state index is 0.0666. The summed E-state index contributed by atoms with van der Waals surface area (Å²) in [5.41, 5.74) is 2.25. The number of nitrogens with one attached hydrogen (secondary N) is 1. The van der Waals surface area contributed by atoms with E-state index in [4.69, 9.17) is 9.29 Å². The van der Waals surface area contributed by atoms with E-state index in [1.807, 2.05) is 26.0 Å². The highest BCUT2D eigenvalue weighted by Crippen LogP contribution is 2.19. The molecule has 2 N–H and O–H groups in total. The molecule has 2 aromatic carbocycles. The van der Waals surface area contributed by atoms with Crippen LogP contribution >= 0.6 is 15.9 Å². The van der Waals surface area contributed by atoms with Gasteiger partial charge in [0.15, 0.2) is 0 Å². The fourth-order valence-corrected chi connectivity index (χ4v) is 3.77. The van der Waals surface area contributed by atoms with Crippen molar-refractivity contribution in [2.75, 3.05) is 6.61 Å². The van der Waals surface area contributed by atoms with Gasteiger partial charge in [0.1, 0.15) is 6.04 Å². The van der Waals surface area contributed by atoms with Gasteiger partial charge in [0.2, 0.25) is 0 Å². The number of hydrogen-bond acceptors (Lipinski definition) is 5. The summed E-state index contributed by atoms with van der Waals surface area (Å²) in [5, 5.41) is 3.35. The molecule has 2 aromatic rings.